The highest BCUT2D eigenvalue weighted by molar-refractivity contribution is 5.77. The third-order valence-corrected chi connectivity index (χ3v) is 6.60. The maximum absolute atomic E-state index is 14.7. The number of aliphatic hydroxyl groups is 1. The lowest BCUT2D eigenvalue weighted by atomic mass is 10.0. The maximum atomic E-state index is 14.7. The van der Waals surface area contributed by atoms with E-state index in [2.05, 4.69) is 31.4 Å². The fraction of sp³-hybridized carbons (Fsp3) is 0.440. The van der Waals surface area contributed by atoms with Gasteiger partial charge in [0.2, 0.25) is 11.9 Å². The largest absolute Gasteiger partial charge is 0.486 e. The molecular formula is C25H27FN8O4. The predicted molar refractivity (Wildman–Crippen MR) is 132 cm³/mol. The zero-order valence-corrected chi connectivity index (χ0v) is 20.5. The Morgan fingerprint density at radius 3 is 2.89 bits per heavy atom. The molecule has 2 unspecified atom stereocenters. The number of alkyl halides is 1. The monoisotopic (exact) mass is 522 g/mol. The van der Waals surface area contributed by atoms with Crippen molar-refractivity contribution in [1.82, 2.24) is 29.6 Å². The van der Waals surface area contributed by atoms with Crippen LogP contribution in [0, 0.1) is 11.3 Å². The summed E-state index contributed by atoms with van der Waals surface area (Å²) in [5.74, 6) is 0.387. The van der Waals surface area contributed by atoms with Crippen molar-refractivity contribution in [1.29, 1.82) is 5.26 Å². The molecule has 2 aliphatic rings. The van der Waals surface area contributed by atoms with Crippen LogP contribution >= 0.6 is 0 Å². The quantitative estimate of drug-likeness (QED) is 0.471. The summed E-state index contributed by atoms with van der Waals surface area (Å²) in [5.41, 5.74) is 1.51. The molecule has 5 rings (SSSR count). The molecule has 2 atom stereocenters. The second-order valence-corrected chi connectivity index (χ2v) is 9.09. The third-order valence-electron chi connectivity index (χ3n) is 6.60. The van der Waals surface area contributed by atoms with Crippen LogP contribution in [0.25, 0.3) is 11.4 Å². The Balaban J connectivity index is 1.27. The fourth-order valence-corrected chi connectivity index (χ4v) is 4.54. The van der Waals surface area contributed by atoms with E-state index < -0.39 is 24.8 Å². The smallest absolute Gasteiger partial charge is 0.248 e. The summed E-state index contributed by atoms with van der Waals surface area (Å²) in [6.45, 7) is 0.875. The predicted octanol–water partition coefficient (Wildman–Crippen LogP) is 2.01. The van der Waals surface area contributed by atoms with E-state index in [-0.39, 0.29) is 30.8 Å². The van der Waals surface area contributed by atoms with E-state index in [0.717, 1.165) is 31.7 Å². The molecule has 2 aliphatic heterocycles. The van der Waals surface area contributed by atoms with Gasteiger partial charge in [-0.2, -0.15) is 15.3 Å². The van der Waals surface area contributed by atoms with Crippen LogP contribution in [0.3, 0.4) is 0 Å². The zero-order valence-electron chi connectivity index (χ0n) is 20.5. The van der Waals surface area contributed by atoms with Gasteiger partial charge < -0.3 is 24.8 Å². The number of anilines is 2. The Morgan fingerprint density at radius 1 is 1.29 bits per heavy atom. The Labute approximate surface area is 218 Å². The molecule has 2 saturated heterocycles. The fourth-order valence-electron chi connectivity index (χ4n) is 4.54. The van der Waals surface area contributed by atoms with Gasteiger partial charge in [-0.3, -0.25) is 9.48 Å². The van der Waals surface area contributed by atoms with Crippen molar-refractivity contribution >= 4 is 17.5 Å². The molecule has 38 heavy (non-hydrogen) atoms. The standard InChI is InChI=1S/C25H27FN8O4/c26-20-13-33(23(36)14-35)6-3-22(20)38-21-2-1-16(9-17(21)10-27)24-28-15-29-25(32-24)31-18-11-30-34(12-18)19-4-7-37-8-5-19/h1-2,9,11-12,15,19-20,22,35H,3-8,13-14H2,(H,28,29,31,32). The van der Waals surface area contributed by atoms with Crippen molar-refractivity contribution in [3.8, 4) is 23.2 Å². The summed E-state index contributed by atoms with van der Waals surface area (Å²) in [4.78, 5) is 25.8. The van der Waals surface area contributed by atoms with Crippen LogP contribution in [0.4, 0.5) is 16.0 Å². The molecule has 3 aromatic rings. The van der Waals surface area contributed by atoms with Crippen LogP contribution in [0.1, 0.15) is 30.9 Å². The molecule has 2 aromatic heterocycles. The number of benzene rings is 1. The Morgan fingerprint density at radius 2 is 2.13 bits per heavy atom. The van der Waals surface area contributed by atoms with Crippen LogP contribution in [-0.4, -0.2) is 85.8 Å². The van der Waals surface area contributed by atoms with E-state index in [1.807, 2.05) is 10.9 Å². The first kappa shape index (κ1) is 25.5. The molecule has 1 aromatic carbocycles. The number of hydrogen-bond acceptors (Lipinski definition) is 10. The first-order chi connectivity index (χ1) is 18.5. The van der Waals surface area contributed by atoms with Crippen molar-refractivity contribution < 1.29 is 23.8 Å². The number of piperidine rings is 1. The van der Waals surface area contributed by atoms with Crippen molar-refractivity contribution in [2.75, 3.05) is 38.2 Å². The average molecular weight is 523 g/mol. The minimum atomic E-state index is -1.45. The van der Waals surface area contributed by atoms with E-state index in [0.29, 0.717) is 23.4 Å². The normalized spacial score (nSPS) is 20.1. The molecule has 0 aliphatic carbocycles. The SMILES string of the molecule is N#Cc1cc(-c2ncnc(Nc3cnn(C4CCOCC4)c3)n2)ccc1OC1CCN(C(=O)CO)CC1F. The van der Waals surface area contributed by atoms with Crippen molar-refractivity contribution in [2.24, 2.45) is 0 Å². The van der Waals surface area contributed by atoms with Gasteiger partial charge in [-0.25, -0.2) is 14.4 Å². The summed E-state index contributed by atoms with van der Waals surface area (Å²) >= 11 is 0. The Bertz CT molecular complexity index is 1320. The molecule has 12 nitrogen and oxygen atoms in total. The second kappa shape index (κ2) is 11.5. The number of halogens is 1. The van der Waals surface area contributed by atoms with E-state index in [1.54, 1.807) is 24.4 Å². The molecule has 0 spiro atoms. The Hall–Kier alpha value is -4.15. The lowest BCUT2D eigenvalue weighted by molar-refractivity contribution is -0.138. The van der Waals surface area contributed by atoms with E-state index >= 15 is 0 Å². The highest BCUT2D eigenvalue weighted by Gasteiger charge is 2.33. The van der Waals surface area contributed by atoms with Crippen molar-refractivity contribution in [3.63, 3.8) is 0 Å². The summed E-state index contributed by atoms with van der Waals surface area (Å²) in [6.07, 6.45) is 4.79. The van der Waals surface area contributed by atoms with Gasteiger partial charge in [-0.05, 0) is 31.0 Å². The molecule has 13 heteroatoms. The number of aliphatic hydroxyl groups excluding tert-OH is 1. The number of carbonyl (C=O) groups excluding carboxylic acids is 1. The van der Waals surface area contributed by atoms with E-state index in [9.17, 15) is 14.4 Å². The van der Waals surface area contributed by atoms with E-state index in [4.69, 9.17) is 14.6 Å². The number of ether oxygens (including phenoxy) is 2. The number of nitrogens with one attached hydrogen (secondary N) is 1. The van der Waals surface area contributed by atoms with Gasteiger partial charge >= 0.3 is 0 Å². The molecule has 2 N–H and O–H groups in total. The number of hydrogen-bond donors (Lipinski definition) is 2. The first-order valence-electron chi connectivity index (χ1n) is 12.4. The summed E-state index contributed by atoms with van der Waals surface area (Å²) in [7, 11) is 0. The molecule has 0 radical (unpaired) electrons. The second-order valence-electron chi connectivity index (χ2n) is 9.09. The average Bonchev–Trinajstić information content (AvgIpc) is 3.43. The van der Waals surface area contributed by atoms with Crippen molar-refractivity contribution in [2.45, 2.75) is 37.6 Å². The molecule has 2 fully saturated rings. The number of rotatable bonds is 7. The van der Waals surface area contributed by atoms with Gasteiger partial charge in [-0.15, -0.1) is 0 Å². The van der Waals surface area contributed by atoms with Crippen LogP contribution in [0.15, 0.2) is 36.9 Å². The summed E-state index contributed by atoms with van der Waals surface area (Å²) in [6, 6.07) is 7.23. The van der Waals surface area contributed by atoms with Crippen LogP contribution in [0.2, 0.25) is 0 Å². The molecule has 0 saturated carbocycles. The lowest BCUT2D eigenvalue weighted by Gasteiger charge is -2.34. The Kier molecular flexibility index (Phi) is 7.71. The number of amides is 1. The number of likely N-dealkylation sites (tertiary alicyclic amines) is 1. The lowest BCUT2D eigenvalue weighted by Crippen LogP contribution is -2.50. The van der Waals surface area contributed by atoms with Gasteiger partial charge in [0.15, 0.2) is 12.0 Å². The molecule has 1 amide bonds. The van der Waals surface area contributed by atoms with E-state index in [1.165, 1.54) is 11.2 Å². The van der Waals surface area contributed by atoms with Gasteiger partial charge in [0.1, 0.15) is 30.9 Å². The highest BCUT2D eigenvalue weighted by Crippen LogP contribution is 2.29. The van der Waals surface area contributed by atoms with Gasteiger partial charge in [0.05, 0.1) is 30.0 Å². The minimum absolute atomic E-state index is 0.168. The number of carbonyl (C=O) groups is 1. The zero-order chi connectivity index (χ0) is 26.5. The number of aromatic nitrogens is 5. The molecule has 198 valence electrons. The first-order valence-corrected chi connectivity index (χ1v) is 12.4. The van der Waals surface area contributed by atoms with Gasteiger partial charge in [0, 0.05) is 37.9 Å². The minimum Gasteiger partial charge on any atom is -0.486 e. The molecular weight excluding hydrogens is 495 g/mol. The van der Waals surface area contributed by atoms with Crippen LogP contribution in [-0.2, 0) is 9.53 Å². The number of nitriles is 1. The van der Waals surface area contributed by atoms with Crippen LogP contribution < -0.4 is 10.1 Å². The van der Waals surface area contributed by atoms with Gasteiger partial charge in [0.25, 0.3) is 0 Å². The molecule has 4 heterocycles. The third kappa shape index (κ3) is 5.71. The van der Waals surface area contributed by atoms with Gasteiger partial charge in [-0.1, -0.05) is 0 Å². The topological polar surface area (TPSA) is 151 Å². The number of nitrogens with zero attached hydrogens (tertiary/aromatic N) is 7. The maximum Gasteiger partial charge on any atom is 0.248 e. The van der Waals surface area contributed by atoms with Crippen LogP contribution in [0.5, 0.6) is 5.75 Å². The highest BCUT2D eigenvalue weighted by atomic mass is 19.1. The summed E-state index contributed by atoms with van der Waals surface area (Å²) < 4.78 is 27.8. The van der Waals surface area contributed by atoms with Crippen molar-refractivity contribution in [3.05, 3.63) is 42.5 Å². The summed E-state index contributed by atoms with van der Waals surface area (Å²) in [5, 5.41) is 26.3. The molecule has 0 bridgehead atoms.